The Labute approximate surface area is 280 Å². The molecule has 1 aliphatic heterocycles. The summed E-state index contributed by atoms with van der Waals surface area (Å²) < 4.78 is 12.2. The van der Waals surface area contributed by atoms with Gasteiger partial charge in [-0.1, -0.05) is 65.8 Å². The summed E-state index contributed by atoms with van der Waals surface area (Å²) >= 11 is 0. The summed E-state index contributed by atoms with van der Waals surface area (Å²) in [6, 6.07) is 10.6. The molecule has 3 atom stereocenters. The lowest BCUT2D eigenvalue weighted by Gasteiger charge is -2.37. The van der Waals surface area contributed by atoms with E-state index in [1.165, 1.54) is 4.90 Å². The number of fused-ring (bicyclic) bond motifs is 1. The normalized spacial score (nSPS) is 19.7. The van der Waals surface area contributed by atoms with Gasteiger partial charge in [0.25, 0.3) is 5.91 Å². The largest absolute Gasteiger partial charge is 0.491 e. The third-order valence-electron chi connectivity index (χ3n) is 8.49. The predicted molar refractivity (Wildman–Crippen MR) is 184 cm³/mol. The molecular weight excluding hydrogens is 596 g/mol. The number of rotatable bonds is 10. The van der Waals surface area contributed by atoms with E-state index < -0.39 is 29.8 Å². The molecule has 2 aromatic carbocycles. The number of ether oxygens (including phenoxy) is 2. The molecular formula is C37H54N4O6. The van der Waals surface area contributed by atoms with Gasteiger partial charge in [0.1, 0.15) is 36.8 Å². The van der Waals surface area contributed by atoms with Gasteiger partial charge in [-0.2, -0.15) is 0 Å². The van der Waals surface area contributed by atoms with Crippen molar-refractivity contribution in [3.63, 3.8) is 0 Å². The lowest BCUT2D eigenvalue weighted by atomic mass is 9.98. The van der Waals surface area contributed by atoms with E-state index >= 15 is 0 Å². The minimum atomic E-state index is -1.19. The van der Waals surface area contributed by atoms with E-state index in [0.717, 1.165) is 16.9 Å². The number of carbonyl (C=O) groups is 4. The topological polar surface area (TPSA) is 117 Å². The number of aryl methyl sites for hydroxylation is 1. The lowest BCUT2D eigenvalue weighted by Crippen LogP contribution is -2.55. The molecule has 1 aliphatic rings. The minimum Gasteiger partial charge on any atom is -0.491 e. The van der Waals surface area contributed by atoms with Gasteiger partial charge in [0.15, 0.2) is 0 Å². The van der Waals surface area contributed by atoms with Crippen molar-refractivity contribution in [1.29, 1.82) is 0 Å². The molecule has 0 saturated carbocycles. The van der Waals surface area contributed by atoms with Crippen molar-refractivity contribution >= 4 is 23.6 Å². The fourth-order valence-electron chi connectivity index (χ4n) is 5.77. The smallest absolute Gasteiger partial charge is 0.255 e. The monoisotopic (exact) mass is 650 g/mol. The van der Waals surface area contributed by atoms with Crippen molar-refractivity contribution < 1.29 is 28.7 Å². The van der Waals surface area contributed by atoms with Gasteiger partial charge < -0.3 is 29.9 Å². The third kappa shape index (κ3) is 10.5. The molecule has 0 unspecified atom stereocenters. The average Bonchev–Trinajstić information content (AvgIpc) is 3.01. The molecule has 3 rings (SSSR count). The van der Waals surface area contributed by atoms with E-state index in [1.807, 2.05) is 39.0 Å². The number of hydrogen-bond donors (Lipinski definition) is 2. The highest BCUT2D eigenvalue weighted by Crippen LogP contribution is 2.27. The maximum absolute atomic E-state index is 14.0. The summed E-state index contributed by atoms with van der Waals surface area (Å²) in [4.78, 5) is 58.1. The number of likely N-dealkylation sites (N-methyl/N-ethyl adjacent to an activating group) is 2. The van der Waals surface area contributed by atoms with E-state index in [-0.39, 0.29) is 61.4 Å². The van der Waals surface area contributed by atoms with Crippen LogP contribution in [-0.4, -0.2) is 85.4 Å². The van der Waals surface area contributed by atoms with Crippen LogP contribution in [-0.2, 0) is 14.4 Å². The van der Waals surface area contributed by atoms with Gasteiger partial charge in [0.05, 0.1) is 24.6 Å². The number of amides is 4. The van der Waals surface area contributed by atoms with E-state index in [2.05, 4.69) is 38.3 Å². The van der Waals surface area contributed by atoms with E-state index in [0.29, 0.717) is 18.6 Å². The van der Waals surface area contributed by atoms with Crippen molar-refractivity contribution in [3.05, 3.63) is 59.2 Å². The van der Waals surface area contributed by atoms with Gasteiger partial charge in [-0.15, -0.1) is 0 Å². The number of nitrogens with zero attached hydrogens (tertiary/aromatic N) is 2. The molecule has 258 valence electrons. The number of benzene rings is 2. The van der Waals surface area contributed by atoms with Crippen LogP contribution in [0.1, 0.15) is 88.2 Å². The van der Waals surface area contributed by atoms with Crippen molar-refractivity contribution in [2.45, 2.75) is 91.8 Å². The highest BCUT2D eigenvalue weighted by molar-refractivity contribution is 6.01. The Kier molecular flexibility index (Phi) is 13.7. The predicted octanol–water partition coefficient (Wildman–Crippen LogP) is 4.94. The van der Waals surface area contributed by atoms with Crippen molar-refractivity contribution in [3.8, 4) is 11.5 Å². The second kappa shape index (κ2) is 17.2. The molecule has 10 heteroatoms. The first-order valence-corrected chi connectivity index (χ1v) is 16.8. The third-order valence-corrected chi connectivity index (χ3v) is 8.49. The highest BCUT2D eigenvalue weighted by atomic mass is 16.5. The molecule has 0 fully saturated rings. The summed E-state index contributed by atoms with van der Waals surface area (Å²) in [5.74, 6) is 0.103. The zero-order chi connectivity index (χ0) is 34.8. The Morgan fingerprint density at radius 3 is 2.32 bits per heavy atom. The van der Waals surface area contributed by atoms with E-state index in [4.69, 9.17) is 9.47 Å². The van der Waals surface area contributed by atoms with Crippen LogP contribution in [0, 0.1) is 18.8 Å². The zero-order valence-electron chi connectivity index (χ0n) is 29.6. The number of carbonyl (C=O) groups excluding carboxylic acids is 4. The molecule has 47 heavy (non-hydrogen) atoms. The standard InChI is InChI=1S/C37H54N4O6/c1-23(2)18-27-22-47-32-13-11-10-12-29(32)35(43)39-30(21-34(42)41(9)31(19-24(3)4)37(45)40(27)8)36(44)38-16-17-46-33-20-26(7)14-15-28(33)25(5)6/h10-15,20,23-25,27,30-31H,16-19,21-22H2,1-9H3,(H,38,44)(H,39,43)/t27-,30+,31+/m1/s1. The number of hydrogen-bond acceptors (Lipinski definition) is 6. The number of para-hydroxylation sites is 1. The first-order valence-electron chi connectivity index (χ1n) is 16.8. The SMILES string of the molecule is Cc1ccc(C(C)C)c(OCCNC(=O)[C@@H]2CC(=O)N(C)[C@@H](CC(C)C)C(=O)N(C)[C@H](CC(C)C)COc3ccccc3C(=O)N2)c1. The summed E-state index contributed by atoms with van der Waals surface area (Å²) in [6.07, 6.45) is 0.799. The molecule has 10 nitrogen and oxygen atoms in total. The van der Waals surface area contributed by atoms with Gasteiger partial charge in [-0.05, 0) is 66.8 Å². The Morgan fingerprint density at radius 2 is 1.66 bits per heavy atom. The Morgan fingerprint density at radius 1 is 0.979 bits per heavy atom. The van der Waals surface area contributed by atoms with Crippen LogP contribution in [0.5, 0.6) is 11.5 Å². The van der Waals surface area contributed by atoms with Crippen molar-refractivity contribution in [1.82, 2.24) is 20.4 Å². The van der Waals surface area contributed by atoms with Crippen LogP contribution >= 0.6 is 0 Å². The molecule has 0 bridgehead atoms. The Bertz CT molecular complexity index is 1390. The fraction of sp³-hybridized carbons (Fsp3) is 0.568. The van der Waals surface area contributed by atoms with Crippen LogP contribution in [0.2, 0.25) is 0 Å². The van der Waals surface area contributed by atoms with Crippen LogP contribution in [0.3, 0.4) is 0 Å². The summed E-state index contributed by atoms with van der Waals surface area (Å²) in [5, 5.41) is 5.60. The molecule has 0 saturated heterocycles. The summed E-state index contributed by atoms with van der Waals surface area (Å²) in [7, 11) is 3.34. The molecule has 0 aromatic heterocycles. The second-order valence-corrected chi connectivity index (χ2v) is 13.8. The van der Waals surface area contributed by atoms with Gasteiger partial charge in [0.2, 0.25) is 17.7 Å². The molecule has 0 radical (unpaired) electrons. The van der Waals surface area contributed by atoms with E-state index in [1.54, 1.807) is 43.3 Å². The maximum atomic E-state index is 14.0. The summed E-state index contributed by atoms with van der Waals surface area (Å²) in [6.45, 7) is 14.9. The van der Waals surface area contributed by atoms with E-state index in [9.17, 15) is 19.2 Å². The molecule has 2 N–H and O–H groups in total. The number of nitrogens with one attached hydrogen (secondary N) is 2. The molecule has 4 amide bonds. The molecule has 0 aliphatic carbocycles. The fourth-order valence-corrected chi connectivity index (χ4v) is 5.77. The van der Waals surface area contributed by atoms with Crippen LogP contribution in [0.15, 0.2) is 42.5 Å². The van der Waals surface area contributed by atoms with Crippen molar-refractivity contribution in [2.24, 2.45) is 11.8 Å². The quantitative estimate of drug-likeness (QED) is 0.352. The van der Waals surface area contributed by atoms with Crippen LogP contribution in [0.4, 0.5) is 0 Å². The first-order chi connectivity index (χ1) is 22.2. The van der Waals surface area contributed by atoms with Crippen molar-refractivity contribution in [2.75, 3.05) is 33.9 Å². The van der Waals surface area contributed by atoms with Gasteiger partial charge >= 0.3 is 0 Å². The Balaban J connectivity index is 1.89. The highest BCUT2D eigenvalue weighted by Gasteiger charge is 2.36. The molecule has 1 heterocycles. The molecule has 2 aromatic rings. The lowest BCUT2D eigenvalue weighted by molar-refractivity contribution is -0.147. The summed E-state index contributed by atoms with van der Waals surface area (Å²) in [5.41, 5.74) is 2.38. The van der Waals surface area contributed by atoms with Gasteiger partial charge in [0, 0.05) is 14.1 Å². The maximum Gasteiger partial charge on any atom is 0.255 e. The van der Waals surface area contributed by atoms with Gasteiger partial charge in [-0.3, -0.25) is 19.2 Å². The molecule has 0 spiro atoms. The second-order valence-electron chi connectivity index (χ2n) is 13.8. The minimum absolute atomic E-state index is 0.126. The van der Waals surface area contributed by atoms with Crippen LogP contribution in [0.25, 0.3) is 0 Å². The average molecular weight is 651 g/mol. The first kappa shape index (κ1) is 37.4. The van der Waals surface area contributed by atoms with Gasteiger partial charge in [-0.25, -0.2) is 0 Å². The zero-order valence-corrected chi connectivity index (χ0v) is 29.6. The van der Waals surface area contributed by atoms with Crippen LogP contribution < -0.4 is 20.1 Å². The Hall–Kier alpha value is -4.08.